The third kappa shape index (κ3) is 1.65. The molecule has 1 saturated heterocycles. The van der Waals surface area contributed by atoms with Gasteiger partial charge in [-0.05, 0) is 19.4 Å². The Kier molecular flexibility index (Phi) is 2.50. The van der Waals surface area contributed by atoms with Crippen molar-refractivity contribution >= 4 is 17.2 Å². The fourth-order valence-corrected chi connectivity index (χ4v) is 1.85. The SMILES string of the molecule is CC1(C)C(=S)N[C@H](c2ccccc2)N1O. The summed E-state index contributed by atoms with van der Waals surface area (Å²) in [5, 5.41) is 14.4. The van der Waals surface area contributed by atoms with Crippen LogP contribution >= 0.6 is 12.2 Å². The van der Waals surface area contributed by atoms with Gasteiger partial charge in [-0.25, -0.2) is 0 Å². The highest BCUT2D eigenvalue weighted by Crippen LogP contribution is 2.31. The van der Waals surface area contributed by atoms with Crippen LogP contribution in [0.2, 0.25) is 0 Å². The van der Waals surface area contributed by atoms with Gasteiger partial charge in [-0.15, -0.1) is 0 Å². The molecule has 0 aromatic heterocycles. The van der Waals surface area contributed by atoms with E-state index in [0.29, 0.717) is 4.99 Å². The van der Waals surface area contributed by atoms with E-state index >= 15 is 0 Å². The maximum absolute atomic E-state index is 10.0. The monoisotopic (exact) mass is 222 g/mol. The van der Waals surface area contributed by atoms with Crippen LogP contribution in [0.4, 0.5) is 0 Å². The molecule has 1 aromatic rings. The summed E-state index contributed by atoms with van der Waals surface area (Å²) in [6.45, 7) is 3.79. The van der Waals surface area contributed by atoms with Crippen LogP contribution < -0.4 is 5.32 Å². The molecule has 2 rings (SSSR count). The molecule has 4 heteroatoms. The molecule has 1 atom stereocenters. The molecule has 3 nitrogen and oxygen atoms in total. The van der Waals surface area contributed by atoms with E-state index in [4.69, 9.17) is 12.2 Å². The summed E-state index contributed by atoms with van der Waals surface area (Å²) in [6.07, 6.45) is -0.242. The van der Waals surface area contributed by atoms with Crippen molar-refractivity contribution in [2.24, 2.45) is 0 Å². The summed E-state index contributed by atoms with van der Waals surface area (Å²) >= 11 is 5.20. The lowest BCUT2D eigenvalue weighted by Crippen LogP contribution is -2.40. The smallest absolute Gasteiger partial charge is 0.130 e. The van der Waals surface area contributed by atoms with Gasteiger partial charge in [0.1, 0.15) is 6.17 Å². The normalized spacial score (nSPS) is 25.3. The van der Waals surface area contributed by atoms with Gasteiger partial charge < -0.3 is 10.5 Å². The topological polar surface area (TPSA) is 35.5 Å². The summed E-state index contributed by atoms with van der Waals surface area (Å²) in [5.74, 6) is 0. The highest BCUT2D eigenvalue weighted by molar-refractivity contribution is 7.80. The van der Waals surface area contributed by atoms with Crippen LogP contribution in [0, 0.1) is 0 Å². The summed E-state index contributed by atoms with van der Waals surface area (Å²) in [7, 11) is 0. The largest absolute Gasteiger partial charge is 0.357 e. The van der Waals surface area contributed by atoms with Gasteiger partial charge in [-0.3, -0.25) is 0 Å². The van der Waals surface area contributed by atoms with Gasteiger partial charge in [-0.1, -0.05) is 42.5 Å². The lowest BCUT2D eigenvalue weighted by molar-refractivity contribution is -0.159. The third-order valence-electron chi connectivity index (χ3n) is 2.76. The van der Waals surface area contributed by atoms with Crippen LogP contribution in [0.5, 0.6) is 0 Å². The van der Waals surface area contributed by atoms with Crippen molar-refractivity contribution < 1.29 is 5.21 Å². The van der Waals surface area contributed by atoms with E-state index in [9.17, 15) is 5.21 Å². The van der Waals surface area contributed by atoms with Crippen molar-refractivity contribution in [3.63, 3.8) is 0 Å². The average Bonchev–Trinajstić information content (AvgIpc) is 2.44. The lowest BCUT2D eigenvalue weighted by atomic mass is 10.1. The van der Waals surface area contributed by atoms with Gasteiger partial charge in [0.25, 0.3) is 0 Å². The second kappa shape index (κ2) is 3.56. The summed E-state index contributed by atoms with van der Waals surface area (Å²) in [4.78, 5) is 0.666. The molecule has 0 amide bonds. The molecule has 1 fully saturated rings. The minimum atomic E-state index is -0.504. The van der Waals surface area contributed by atoms with Gasteiger partial charge in [0, 0.05) is 0 Å². The summed E-state index contributed by atoms with van der Waals surface area (Å²) in [6, 6.07) is 9.76. The summed E-state index contributed by atoms with van der Waals surface area (Å²) < 4.78 is 0. The molecule has 0 spiro atoms. The number of hydrogen-bond acceptors (Lipinski definition) is 3. The standard InChI is InChI=1S/C11H14N2OS/c1-11(2)10(15)12-9(13(11)14)8-6-4-3-5-7-8/h3-7,9,14H,1-2H3,(H,12,15)/t9-/m0/s1. The molecule has 1 heterocycles. The Morgan fingerprint density at radius 1 is 1.33 bits per heavy atom. The number of nitrogens with one attached hydrogen (secondary N) is 1. The Hall–Kier alpha value is -0.970. The molecule has 0 bridgehead atoms. The van der Waals surface area contributed by atoms with E-state index in [0.717, 1.165) is 5.56 Å². The minimum Gasteiger partial charge on any atom is -0.357 e. The van der Waals surface area contributed by atoms with Gasteiger partial charge in [0.15, 0.2) is 0 Å². The lowest BCUT2D eigenvalue weighted by Gasteiger charge is -2.26. The zero-order chi connectivity index (χ0) is 11.1. The average molecular weight is 222 g/mol. The van der Waals surface area contributed by atoms with Crippen molar-refractivity contribution in [3.05, 3.63) is 35.9 Å². The Morgan fingerprint density at radius 3 is 2.40 bits per heavy atom. The number of benzene rings is 1. The second-order valence-electron chi connectivity index (χ2n) is 4.19. The first-order chi connectivity index (χ1) is 7.03. The fourth-order valence-electron chi connectivity index (χ4n) is 1.65. The third-order valence-corrected chi connectivity index (χ3v) is 3.37. The molecule has 1 aliphatic rings. The Balaban J connectivity index is 2.32. The van der Waals surface area contributed by atoms with Crippen molar-refractivity contribution in [1.82, 2.24) is 10.4 Å². The quantitative estimate of drug-likeness (QED) is 0.713. The Bertz CT molecular complexity index is 377. The van der Waals surface area contributed by atoms with Crippen LogP contribution in [0.3, 0.4) is 0 Å². The molecular weight excluding hydrogens is 208 g/mol. The second-order valence-corrected chi connectivity index (χ2v) is 4.60. The molecule has 1 aliphatic heterocycles. The van der Waals surface area contributed by atoms with Crippen molar-refractivity contribution in [2.75, 3.05) is 0 Å². The van der Waals surface area contributed by atoms with Crippen LogP contribution in [0.25, 0.3) is 0 Å². The van der Waals surface area contributed by atoms with Crippen molar-refractivity contribution in [3.8, 4) is 0 Å². The fraction of sp³-hybridized carbons (Fsp3) is 0.364. The molecule has 15 heavy (non-hydrogen) atoms. The van der Waals surface area contributed by atoms with E-state index in [1.54, 1.807) is 0 Å². The molecule has 1 aromatic carbocycles. The number of hydrogen-bond donors (Lipinski definition) is 2. The van der Waals surface area contributed by atoms with Gasteiger partial charge in [0.2, 0.25) is 0 Å². The maximum Gasteiger partial charge on any atom is 0.130 e. The molecule has 0 radical (unpaired) electrons. The van der Waals surface area contributed by atoms with Gasteiger partial charge >= 0.3 is 0 Å². The number of nitrogens with zero attached hydrogens (tertiary/aromatic N) is 1. The number of rotatable bonds is 1. The molecule has 0 aliphatic carbocycles. The highest BCUT2D eigenvalue weighted by Gasteiger charge is 2.43. The highest BCUT2D eigenvalue weighted by atomic mass is 32.1. The van der Waals surface area contributed by atoms with Crippen LogP contribution in [0.15, 0.2) is 30.3 Å². The molecule has 2 N–H and O–H groups in total. The molecule has 80 valence electrons. The van der Waals surface area contributed by atoms with E-state index in [-0.39, 0.29) is 6.17 Å². The van der Waals surface area contributed by atoms with Crippen LogP contribution in [0.1, 0.15) is 25.6 Å². The first-order valence-electron chi connectivity index (χ1n) is 4.87. The molecule has 0 unspecified atom stereocenters. The van der Waals surface area contributed by atoms with Crippen LogP contribution in [-0.4, -0.2) is 20.8 Å². The number of thiocarbonyl (C=S) groups is 1. The summed E-state index contributed by atoms with van der Waals surface area (Å²) in [5.41, 5.74) is 0.503. The predicted molar refractivity (Wildman–Crippen MR) is 62.6 cm³/mol. The maximum atomic E-state index is 10.0. The van der Waals surface area contributed by atoms with E-state index < -0.39 is 5.54 Å². The first-order valence-corrected chi connectivity index (χ1v) is 5.28. The minimum absolute atomic E-state index is 0.242. The van der Waals surface area contributed by atoms with Gasteiger partial charge in [-0.2, -0.15) is 5.06 Å². The number of hydroxylamine groups is 2. The van der Waals surface area contributed by atoms with Gasteiger partial charge in [0.05, 0.1) is 10.5 Å². The van der Waals surface area contributed by atoms with Crippen molar-refractivity contribution in [1.29, 1.82) is 0 Å². The van der Waals surface area contributed by atoms with Crippen molar-refractivity contribution in [2.45, 2.75) is 25.6 Å². The first kappa shape index (κ1) is 10.5. The zero-order valence-corrected chi connectivity index (χ0v) is 9.58. The van der Waals surface area contributed by atoms with Crippen LogP contribution in [-0.2, 0) is 0 Å². The zero-order valence-electron chi connectivity index (χ0n) is 8.77. The van der Waals surface area contributed by atoms with E-state index in [2.05, 4.69) is 5.32 Å². The Labute approximate surface area is 94.7 Å². The van der Waals surface area contributed by atoms with E-state index in [1.165, 1.54) is 5.06 Å². The molecular formula is C11H14N2OS. The Morgan fingerprint density at radius 2 is 1.93 bits per heavy atom. The predicted octanol–water partition coefficient (Wildman–Crippen LogP) is 2.09. The molecule has 0 saturated carbocycles. The van der Waals surface area contributed by atoms with E-state index in [1.807, 2.05) is 44.2 Å².